The van der Waals surface area contributed by atoms with Gasteiger partial charge in [-0.05, 0) is 51.0 Å². The highest BCUT2D eigenvalue weighted by atomic mass is 32.2. The number of rotatable bonds is 4. The van der Waals surface area contributed by atoms with Crippen LogP contribution in [0.25, 0.3) is 5.82 Å². The molecule has 0 unspecified atom stereocenters. The molecule has 30 heavy (non-hydrogen) atoms. The third kappa shape index (κ3) is 3.70. The van der Waals surface area contributed by atoms with Crippen molar-refractivity contribution >= 4 is 15.8 Å². The Morgan fingerprint density at radius 3 is 2.00 bits per heavy atom. The largest absolute Gasteiger partial charge is 0.352 e. The Hall–Kier alpha value is -2.78. The van der Waals surface area contributed by atoms with Crippen LogP contribution >= 0.6 is 0 Å². The van der Waals surface area contributed by atoms with E-state index in [1.165, 1.54) is 0 Å². The van der Waals surface area contributed by atoms with Gasteiger partial charge in [-0.25, -0.2) is 13.4 Å². The first-order valence-corrected chi connectivity index (χ1v) is 11.4. The highest BCUT2D eigenvalue weighted by Crippen LogP contribution is 2.26. The van der Waals surface area contributed by atoms with Gasteiger partial charge in [-0.2, -0.15) is 4.31 Å². The van der Waals surface area contributed by atoms with Gasteiger partial charge in [0.2, 0.25) is 10.0 Å². The van der Waals surface area contributed by atoms with E-state index in [0.717, 1.165) is 28.3 Å². The van der Waals surface area contributed by atoms with Gasteiger partial charge in [0.05, 0.1) is 4.90 Å². The number of sulfonamides is 1. The van der Waals surface area contributed by atoms with Gasteiger partial charge >= 0.3 is 0 Å². The van der Waals surface area contributed by atoms with Gasteiger partial charge in [0.1, 0.15) is 5.82 Å². The standard InChI is InChI=1S/C21H26N6O2S/c1-15-13-16(2)21(17(3)14-15)30(28,29)26-11-9-25(10-12-26)19-5-6-20(24-23-19)27-8-7-22-18(27)4/h5-8,13-14H,9-12H2,1-4H3. The van der Waals surface area contributed by atoms with Gasteiger partial charge in [0.25, 0.3) is 0 Å². The summed E-state index contributed by atoms with van der Waals surface area (Å²) in [4.78, 5) is 6.70. The molecule has 0 radical (unpaired) electrons. The Kier molecular flexibility index (Phi) is 5.33. The topological polar surface area (TPSA) is 84.2 Å². The molecule has 0 saturated carbocycles. The fourth-order valence-electron chi connectivity index (χ4n) is 4.10. The summed E-state index contributed by atoms with van der Waals surface area (Å²) in [5.74, 6) is 2.30. The van der Waals surface area contributed by atoms with Gasteiger partial charge in [-0.1, -0.05) is 17.7 Å². The molecular weight excluding hydrogens is 400 g/mol. The van der Waals surface area contributed by atoms with Crippen molar-refractivity contribution in [3.8, 4) is 5.82 Å². The Labute approximate surface area is 177 Å². The number of anilines is 1. The molecule has 0 bridgehead atoms. The van der Waals surface area contributed by atoms with Gasteiger partial charge in [-0.3, -0.25) is 4.57 Å². The van der Waals surface area contributed by atoms with E-state index < -0.39 is 10.0 Å². The predicted octanol–water partition coefficient (Wildman–Crippen LogP) is 2.41. The second kappa shape index (κ2) is 7.81. The number of piperazine rings is 1. The highest BCUT2D eigenvalue weighted by molar-refractivity contribution is 7.89. The molecule has 1 aromatic carbocycles. The molecule has 9 heteroatoms. The lowest BCUT2D eigenvalue weighted by molar-refractivity contribution is 0.383. The van der Waals surface area contributed by atoms with E-state index in [0.29, 0.717) is 36.9 Å². The van der Waals surface area contributed by atoms with E-state index >= 15 is 0 Å². The molecule has 0 atom stereocenters. The summed E-state index contributed by atoms with van der Waals surface area (Å²) in [6.45, 7) is 9.59. The third-order valence-corrected chi connectivity index (χ3v) is 7.68. The number of aromatic nitrogens is 4. The first kappa shape index (κ1) is 20.5. The monoisotopic (exact) mass is 426 g/mol. The summed E-state index contributed by atoms with van der Waals surface area (Å²) in [7, 11) is -3.53. The van der Waals surface area contributed by atoms with Crippen LogP contribution in [-0.2, 0) is 10.0 Å². The average Bonchev–Trinajstić information content (AvgIpc) is 3.13. The normalized spacial score (nSPS) is 15.5. The lowest BCUT2D eigenvalue weighted by Crippen LogP contribution is -2.49. The number of aryl methyl sites for hydroxylation is 4. The van der Waals surface area contributed by atoms with E-state index in [-0.39, 0.29) is 0 Å². The van der Waals surface area contributed by atoms with Crippen LogP contribution in [-0.4, -0.2) is 58.7 Å². The lowest BCUT2D eigenvalue weighted by Gasteiger charge is -2.35. The Balaban J connectivity index is 1.48. The smallest absolute Gasteiger partial charge is 0.243 e. The number of benzene rings is 1. The van der Waals surface area contributed by atoms with Crippen LogP contribution in [0.3, 0.4) is 0 Å². The van der Waals surface area contributed by atoms with Gasteiger partial charge < -0.3 is 4.90 Å². The molecule has 0 N–H and O–H groups in total. The van der Waals surface area contributed by atoms with Crippen molar-refractivity contribution in [3.05, 3.63) is 59.2 Å². The van der Waals surface area contributed by atoms with Crippen LogP contribution in [0.1, 0.15) is 22.5 Å². The quantitative estimate of drug-likeness (QED) is 0.637. The zero-order valence-electron chi connectivity index (χ0n) is 17.7. The second-order valence-corrected chi connectivity index (χ2v) is 9.59. The molecule has 0 spiro atoms. The molecule has 1 aliphatic rings. The molecule has 0 amide bonds. The molecule has 3 heterocycles. The first-order chi connectivity index (χ1) is 14.3. The van der Waals surface area contributed by atoms with Gasteiger partial charge in [0.15, 0.2) is 11.6 Å². The maximum atomic E-state index is 13.3. The summed E-state index contributed by atoms with van der Waals surface area (Å²) in [6, 6.07) is 7.67. The maximum Gasteiger partial charge on any atom is 0.243 e. The van der Waals surface area contributed by atoms with Crippen molar-refractivity contribution in [2.75, 3.05) is 31.1 Å². The fraction of sp³-hybridized carbons (Fsp3) is 0.381. The van der Waals surface area contributed by atoms with Crippen LogP contribution in [0.15, 0.2) is 41.6 Å². The van der Waals surface area contributed by atoms with E-state index in [1.54, 1.807) is 10.5 Å². The third-order valence-electron chi connectivity index (χ3n) is 5.47. The highest BCUT2D eigenvalue weighted by Gasteiger charge is 2.31. The minimum absolute atomic E-state index is 0.416. The molecule has 8 nitrogen and oxygen atoms in total. The van der Waals surface area contributed by atoms with Crippen molar-refractivity contribution < 1.29 is 8.42 Å². The van der Waals surface area contributed by atoms with Crippen molar-refractivity contribution in [3.63, 3.8) is 0 Å². The van der Waals surface area contributed by atoms with Crippen LogP contribution < -0.4 is 4.90 Å². The SMILES string of the molecule is Cc1cc(C)c(S(=O)(=O)N2CCN(c3ccc(-n4ccnc4C)nn3)CC2)c(C)c1. The van der Waals surface area contributed by atoms with E-state index in [4.69, 9.17) is 0 Å². The molecule has 4 rings (SSSR count). The number of hydrogen-bond acceptors (Lipinski definition) is 6. The van der Waals surface area contributed by atoms with Crippen molar-refractivity contribution in [1.82, 2.24) is 24.1 Å². The predicted molar refractivity (Wildman–Crippen MR) is 116 cm³/mol. The average molecular weight is 427 g/mol. The molecule has 0 aliphatic carbocycles. The number of nitrogens with zero attached hydrogens (tertiary/aromatic N) is 6. The van der Waals surface area contributed by atoms with E-state index in [1.807, 2.05) is 62.7 Å². The molecule has 1 saturated heterocycles. The van der Waals surface area contributed by atoms with E-state index in [9.17, 15) is 8.42 Å². The van der Waals surface area contributed by atoms with Crippen molar-refractivity contribution in [2.24, 2.45) is 0 Å². The lowest BCUT2D eigenvalue weighted by atomic mass is 10.1. The van der Waals surface area contributed by atoms with Crippen LogP contribution in [0.5, 0.6) is 0 Å². The Bertz CT molecular complexity index is 1140. The Morgan fingerprint density at radius 2 is 1.47 bits per heavy atom. The first-order valence-electron chi connectivity index (χ1n) is 9.94. The van der Waals surface area contributed by atoms with Gasteiger partial charge in [-0.15, -0.1) is 10.2 Å². The molecular formula is C21H26N6O2S. The molecule has 1 fully saturated rings. The summed E-state index contributed by atoms with van der Waals surface area (Å²) >= 11 is 0. The minimum atomic E-state index is -3.53. The second-order valence-electron chi connectivity index (χ2n) is 7.71. The maximum absolute atomic E-state index is 13.3. The fourth-order valence-corrected chi connectivity index (χ4v) is 5.93. The molecule has 1 aliphatic heterocycles. The molecule has 2 aromatic heterocycles. The van der Waals surface area contributed by atoms with Crippen LogP contribution in [0, 0.1) is 27.7 Å². The Morgan fingerprint density at radius 1 is 0.867 bits per heavy atom. The summed E-state index contributed by atoms with van der Waals surface area (Å²) < 4.78 is 30.0. The van der Waals surface area contributed by atoms with E-state index in [2.05, 4.69) is 20.1 Å². The summed E-state index contributed by atoms with van der Waals surface area (Å²) in [5, 5.41) is 8.65. The molecule has 3 aromatic rings. The zero-order valence-corrected chi connectivity index (χ0v) is 18.5. The van der Waals surface area contributed by atoms with Crippen molar-refractivity contribution in [2.45, 2.75) is 32.6 Å². The zero-order chi connectivity index (χ0) is 21.5. The summed E-state index contributed by atoms with van der Waals surface area (Å²) in [5.41, 5.74) is 2.67. The summed E-state index contributed by atoms with van der Waals surface area (Å²) in [6.07, 6.45) is 3.57. The van der Waals surface area contributed by atoms with Crippen LogP contribution in [0.4, 0.5) is 5.82 Å². The minimum Gasteiger partial charge on any atom is -0.352 e. The van der Waals surface area contributed by atoms with Gasteiger partial charge in [0, 0.05) is 38.6 Å². The van der Waals surface area contributed by atoms with Crippen molar-refractivity contribution in [1.29, 1.82) is 0 Å². The van der Waals surface area contributed by atoms with Crippen LogP contribution in [0.2, 0.25) is 0 Å². The molecule has 158 valence electrons. The number of imidazole rings is 1. The number of hydrogen-bond donors (Lipinski definition) is 0.